The van der Waals surface area contributed by atoms with Gasteiger partial charge in [0.2, 0.25) is 0 Å². The molecule has 20 heavy (non-hydrogen) atoms. The standard InChI is InChI=1S/C17H31FN2/c1-5-7-9-11-13-17(4,12-10-8-6-2)20-14-16(18)15(3)19-20/h14H,5-13H2,1-4H3. The molecule has 0 aliphatic rings. The van der Waals surface area contributed by atoms with Gasteiger partial charge in [-0.3, -0.25) is 4.68 Å². The van der Waals surface area contributed by atoms with Crippen LogP contribution in [0.1, 0.15) is 84.3 Å². The molecule has 0 radical (unpaired) electrons. The van der Waals surface area contributed by atoms with Crippen molar-refractivity contribution in [2.45, 2.75) is 91.0 Å². The van der Waals surface area contributed by atoms with Crippen LogP contribution in [0.4, 0.5) is 4.39 Å². The van der Waals surface area contributed by atoms with Gasteiger partial charge < -0.3 is 0 Å². The lowest BCUT2D eigenvalue weighted by molar-refractivity contribution is 0.226. The van der Waals surface area contributed by atoms with Crippen molar-refractivity contribution in [2.24, 2.45) is 0 Å². The number of aromatic nitrogens is 2. The fourth-order valence-corrected chi connectivity index (χ4v) is 2.76. The average Bonchev–Trinajstić information content (AvgIpc) is 2.76. The highest BCUT2D eigenvalue weighted by molar-refractivity contribution is 5.02. The summed E-state index contributed by atoms with van der Waals surface area (Å²) in [5.74, 6) is -0.180. The fourth-order valence-electron chi connectivity index (χ4n) is 2.76. The van der Waals surface area contributed by atoms with Crippen molar-refractivity contribution < 1.29 is 4.39 Å². The lowest BCUT2D eigenvalue weighted by atomic mass is 9.88. The summed E-state index contributed by atoms with van der Waals surface area (Å²) >= 11 is 0. The molecule has 0 amide bonds. The highest BCUT2D eigenvalue weighted by Gasteiger charge is 2.27. The molecule has 1 atom stereocenters. The Labute approximate surface area is 123 Å². The van der Waals surface area contributed by atoms with E-state index in [1.165, 1.54) is 44.9 Å². The van der Waals surface area contributed by atoms with Crippen LogP contribution < -0.4 is 0 Å². The summed E-state index contributed by atoms with van der Waals surface area (Å²) in [6.07, 6.45) is 12.4. The quantitative estimate of drug-likeness (QED) is 0.511. The van der Waals surface area contributed by atoms with Gasteiger partial charge in [-0.2, -0.15) is 5.10 Å². The maximum absolute atomic E-state index is 13.6. The number of rotatable bonds is 10. The third-order valence-electron chi connectivity index (χ3n) is 4.28. The summed E-state index contributed by atoms with van der Waals surface area (Å²) in [5, 5.41) is 4.40. The number of hydrogen-bond acceptors (Lipinski definition) is 1. The second kappa shape index (κ2) is 8.43. The van der Waals surface area contributed by atoms with Crippen LogP contribution in [-0.2, 0) is 5.54 Å². The van der Waals surface area contributed by atoms with Crippen LogP contribution in [0.15, 0.2) is 6.20 Å². The zero-order valence-corrected chi connectivity index (χ0v) is 13.7. The largest absolute Gasteiger partial charge is 0.264 e. The summed E-state index contributed by atoms with van der Waals surface area (Å²) < 4.78 is 15.5. The van der Waals surface area contributed by atoms with Crippen molar-refractivity contribution >= 4 is 0 Å². The Morgan fingerprint density at radius 2 is 1.60 bits per heavy atom. The van der Waals surface area contributed by atoms with Gasteiger partial charge in [0.1, 0.15) is 0 Å². The molecule has 0 bridgehead atoms. The van der Waals surface area contributed by atoms with Crippen LogP contribution in [0.3, 0.4) is 0 Å². The van der Waals surface area contributed by atoms with Crippen LogP contribution >= 0.6 is 0 Å². The highest BCUT2D eigenvalue weighted by atomic mass is 19.1. The number of unbranched alkanes of at least 4 members (excludes halogenated alkanes) is 5. The molecule has 3 heteroatoms. The molecule has 116 valence electrons. The van der Waals surface area contributed by atoms with Crippen LogP contribution in [-0.4, -0.2) is 9.78 Å². The van der Waals surface area contributed by atoms with E-state index in [-0.39, 0.29) is 11.4 Å². The minimum Gasteiger partial charge on any atom is -0.264 e. The van der Waals surface area contributed by atoms with E-state index in [1.807, 2.05) is 4.68 Å². The SMILES string of the molecule is CCCCCCC(C)(CCCCC)n1cc(F)c(C)n1. The fraction of sp³-hybridized carbons (Fsp3) is 0.824. The van der Waals surface area contributed by atoms with Gasteiger partial charge in [-0.15, -0.1) is 0 Å². The monoisotopic (exact) mass is 282 g/mol. The van der Waals surface area contributed by atoms with Crippen molar-refractivity contribution in [3.63, 3.8) is 0 Å². The Kier molecular flexibility index (Phi) is 7.25. The Hall–Kier alpha value is -0.860. The van der Waals surface area contributed by atoms with Gasteiger partial charge >= 0.3 is 0 Å². The second-order valence-electron chi connectivity index (χ2n) is 6.27. The first kappa shape index (κ1) is 17.2. The van der Waals surface area contributed by atoms with Crippen LogP contribution in [0.25, 0.3) is 0 Å². The maximum Gasteiger partial charge on any atom is 0.163 e. The van der Waals surface area contributed by atoms with E-state index in [0.29, 0.717) is 5.69 Å². The lowest BCUT2D eigenvalue weighted by Crippen LogP contribution is -2.31. The summed E-state index contributed by atoms with van der Waals surface area (Å²) in [4.78, 5) is 0. The molecule has 2 nitrogen and oxygen atoms in total. The third kappa shape index (κ3) is 4.92. The molecular weight excluding hydrogens is 251 g/mol. The first-order chi connectivity index (χ1) is 9.53. The zero-order chi connectivity index (χ0) is 15.0. The van der Waals surface area contributed by atoms with E-state index in [2.05, 4.69) is 25.9 Å². The van der Waals surface area contributed by atoms with E-state index in [0.717, 1.165) is 12.8 Å². The summed E-state index contributed by atoms with van der Waals surface area (Å²) in [5.41, 5.74) is 0.484. The predicted octanol–water partition coefficient (Wildman–Crippen LogP) is 5.60. The molecule has 1 unspecified atom stereocenters. The van der Waals surface area contributed by atoms with E-state index in [9.17, 15) is 4.39 Å². The zero-order valence-electron chi connectivity index (χ0n) is 13.7. The molecule has 1 rings (SSSR count). The third-order valence-corrected chi connectivity index (χ3v) is 4.28. The van der Waals surface area contributed by atoms with Crippen molar-refractivity contribution in [3.8, 4) is 0 Å². The van der Waals surface area contributed by atoms with E-state index in [4.69, 9.17) is 0 Å². The molecule has 0 N–H and O–H groups in total. The number of hydrogen-bond donors (Lipinski definition) is 0. The molecule has 1 heterocycles. The smallest absolute Gasteiger partial charge is 0.163 e. The van der Waals surface area contributed by atoms with Crippen molar-refractivity contribution in [3.05, 3.63) is 17.7 Å². The van der Waals surface area contributed by atoms with Gasteiger partial charge in [-0.1, -0.05) is 58.8 Å². The van der Waals surface area contributed by atoms with Crippen LogP contribution in [0.5, 0.6) is 0 Å². The van der Waals surface area contributed by atoms with Crippen molar-refractivity contribution in [1.29, 1.82) is 0 Å². The topological polar surface area (TPSA) is 17.8 Å². The first-order valence-electron chi connectivity index (χ1n) is 8.25. The molecule has 0 saturated heterocycles. The van der Waals surface area contributed by atoms with Gasteiger partial charge in [0, 0.05) is 0 Å². The molecule has 0 aromatic carbocycles. The van der Waals surface area contributed by atoms with Crippen molar-refractivity contribution in [1.82, 2.24) is 9.78 Å². The van der Waals surface area contributed by atoms with E-state index >= 15 is 0 Å². The number of nitrogens with zero attached hydrogens (tertiary/aromatic N) is 2. The van der Waals surface area contributed by atoms with Gasteiger partial charge in [-0.25, -0.2) is 4.39 Å². The average molecular weight is 282 g/mol. The number of halogens is 1. The Morgan fingerprint density at radius 3 is 2.10 bits per heavy atom. The van der Waals surface area contributed by atoms with Gasteiger partial charge in [0.15, 0.2) is 5.82 Å². The molecule has 0 aliphatic heterocycles. The molecule has 1 aromatic rings. The molecule has 0 saturated carbocycles. The Morgan fingerprint density at radius 1 is 1.05 bits per heavy atom. The molecule has 0 aliphatic carbocycles. The molecule has 1 aromatic heterocycles. The van der Waals surface area contributed by atoms with E-state index in [1.54, 1.807) is 13.1 Å². The summed E-state index contributed by atoms with van der Waals surface area (Å²) in [6.45, 7) is 8.43. The lowest BCUT2D eigenvalue weighted by Gasteiger charge is -2.30. The minimum absolute atomic E-state index is 0.0298. The maximum atomic E-state index is 13.6. The summed E-state index contributed by atoms with van der Waals surface area (Å²) in [7, 11) is 0. The van der Waals surface area contributed by atoms with Gasteiger partial charge in [-0.05, 0) is 26.7 Å². The predicted molar refractivity (Wildman–Crippen MR) is 83.5 cm³/mol. The first-order valence-corrected chi connectivity index (χ1v) is 8.25. The van der Waals surface area contributed by atoms with Crippen LogP contribution in [0.2, 0.25) is 0 Å². The summed E-state index contributed by atoms with van der Waals surface area (Å²) in [6, 6.07) is 0. The van der Waals surface area contributed by atoms with Crippen LogP contribution in [0, 0.1) is 12.7 Å². The molecule has 0 fully saturated rings. The van der Waals surface area contributed by atoms with Gasteiger partial charge in [0.05, 0.1) is 17.4 Å². The molecule has 0 spiro atoms. The normalized spacial score (nSPS) is 14.4. The highest BCUT2D eigenvalue weighted by Crippen LogP contribution is 2.30. The van der Waals surface area contributed by atoms with E-state index < -0.39 is 0 Å². The minimum atomic E-state index is -0.180. The molecular formula is C17H31FN2. The van der Waals surface area contributed by atoms with Crippen molar-refractivity contribution in [2.75, 3.05) is 0 Å². The van der Waals surface area contributed by atoms with Gasteiger partial charge in [0.25, 0.3) is 0 Å². The number of aryl methyl sites for hydroxylation is 1. The Balaban J connectivity index is 2.71. The second-order valence-corrected chi connectivity index (χ2v) is 6.27. The Bertz CT molecular complexity index is 367.